The summed E-state index contributed by atoms with van der Waals surface area (Å²) in [6.07, 6.45) is 7.58. The first-order chi connectivity index (χ1) is 19.7. The van der Waals surface area contributed by atoms with Crippen LogP contribution in [0, 0.1) is 5.92 Å². The molecule has 0 aliphatic rings. The van der Waals surface area contributed by atoms with Crippen LogP contribution in [0.2, 0.25) is 0 Å². The number of amides is 2. The molecule has 6 N–H and O–H groups in total. The van der Waals surface area contributed by atoms with Crippen LogP contribution >= 0.6 is 0 Å². The van der Waals surface area contributed by atoms with Crippen LogP contribution in [0.5, 0.6) is 0 Å². The molecule has 0 heterocycles. The molecule has 42 heavy (non-hydrogen) atoms. The van der Waals surface area contributed by atoms with Crippen LogP contribution in [0.25, 0.3) is 0 Å². The second kappa shape index (κ2) is 23.9. The third-order valence-corrected chi connectivity index (χ3v) is 7.09. The molecule has 0 aromatic heterocycles. The molecular weight excluding hydrogens is 528 g/mol. The molecule has 3 unspecified atom stereocenters. The summed E-state index contributed by atoms with van der Waals surface area (Å²) in [6, 6.07) is 0.288. The second-order valence-corrected chi connectivity index (χ2v) is 13.4. The van der Waals surface area contributed by atoms with Crippen molar-refractivity contribution < 1.29 is 14.4 Å². The highest BCUT2D eigenvalue weighted by Gasteiger charge is 2.27. The van der Waals surface area contributed by atoms with Crippen molar-refractivity contribution >= 4 is 17.6 Å². The van der Waals surface area contributed by atoms with E-state index in [1.54, 1.807) is 0 Å². The number of hydrogen-bond acceptors (Lipinski definition) is 7. The van der Waals surface area contributed by atoms with Gasteiger partial charge in [-0.05, 0) is 58.0 Å². The first-order valence-electron chi connectivity index (χ1n) is 16.8. The van der Waals surface area contributed by atoms with E-state index in [4.69, 9.17) is 0 Å². The molecule has 0 rings (SSSR count). The molecule has 0 saturated carbocycles. The normalized spacial score (nSPS) is 14.2. The van der Waals surface area contributed by atoms with Gasteiger partial charge in [-0.15, -0.1) is 0 Å². The average Bonchev–Trinajstić information content (AvgIpc) is 2.88. The number of rotatable bonds is 26. The van der Waals surface area contributed by atoms with Crippen LogP contribution in [0.15, 0.2) is 0 Å². The van der Waals surface area contributed by atoms with E-state index >= 15 is 0 Å². The third-order valence-electron chi connectivity index (χ3n) is 7.09. The zero-order valence-electron chi connectivity index (χ0n) is 28.8. The number of nitrogens with one attached hydrogen (secondary N) is 6. The standard InChI is InChI=1S/C33H68N6O3/c1-23(2)31(40)28(39-33(42)30(38-27(9)10)19-13-15-21-35-25(5)6)17-11-16-22-36-32(41)29(37-26(7)8)18-12-14-20-34-24(3)4/h23-30,34-35,37-38H,11-22H2,1-10H3,(H,36,41)(H,39,42). The molecule has 0 aromatic rings. The lowest BCUT2D eigenvalue weighted by Gasteiger charge is -2.25. The van der Waals surface area contributed by atoms with E-state index < -0.39 is 6.04 Å². The zero-order chi connectivity index (χ0) is 32.1. The molecule has 0 aliphatic carbocycles. The summed E-state index contributed by atoms with van der Waals surface area (Å²) in [5.41, 5.74) is 0. The van der Waals surface area contributed by atoms with Gasteiger partial charge in [0.2, 0.25) is 11.8 Å². The molecule has 2 amide bonds. The minimum Gasteiger partial charge on any atom is -0.355 e. The summed E-state index contributed by atoms with van der Waals surface area (Å²) in [6.45, 7) is 23.0. The largest absolute Gasteiger partial charge is 0.355 e. The summed E-state index contributed by atoms with van der Waals surface area (Å²) < 4.78 is 0. The van der Waals surface area contributed by atoms with Crippen molar-refractivity contribution in [1.82, 2.24) is 31.9 Å². The Balaban J connectivity index is 4.86. The van der Waals surface area contributed by atoms with Gasteiger partial charge in [0, 0.05) is 36.6 Å². The van der Waals surface area contributed by atoms with Crippen LogP contribution in [0.3, 0.4) is 0 Å². The summed E-state index contributed by atoms with van der Waals surface area (Å²) in [5.74, 6) is -0.161. The SMILES string of the molecule is CC(C)NCCCCC(NC(C)C)C(=O)NCCCCC(NC(=O)C(CCCCNC(C)C)NC(C)C)C(=O)C(C)C. The predicted molar refractivity (Wildman–Crippen MR) is 177 cm³/mol. The van der Waals surface area contributed by atoms with Crippen molar-refractivity contribution in [2.75, 3.05) is 19.6 Å². The molecule has 248 valence electrons. The number of unbranched alkanes of at least 4 members (excludes halogenated alkanes) is 3. The number of carbonyl (C=O) groups excluding carboxylic acids is 3. The average molecular weight is 597 g/mol. The fourth-order valence-corrected chi connectivity index (χ4v) is 4.88. The van der Waals surface area contributed by atoms with E-state index in [0.717, 1.165) is 64.5 Å². The lowest BCUT2D eigenvalue weighted by Crippen LogP contribution is -2.52. The Kier molecular flexibility index (Phi) is 23.0. The van der Waals surface area contributed by atoms with Gasteiger partial charge in [0.1, 0.15) is 0 Å². The van der Waals surface area contributed by atoms with E-state index in [1.807, 2.05) is 27.7 Å². The molecule has 0 spiro atoms. The highest BCUT2D eigenvalue weighted by atomic mass is 16.2. The maximum absolute atomic E-state index is 13.3. The van der Waals surface area contributed by atoms with Gasteiger partial charge in [-0.2, -0.15) is 0 Å². The number of ketones is 1. The maximum atomic E-state index is 13.3. The highest BCUT2D eigenvalue weighted by molar-refractivity contribution is 5.91. The quantitative estimate of drug-likeness (QED) is 0.0833. The molecular formula is C33H68N6O3. The monoisotopic (exact) mass is 597 g/mol. The van der Waals surface area contributed by atoms with Gasteiger partial charge >= 0.3 is 0 Å². The van der Waals surface area contributed by atoms with Crippen molar-refractivity contribution in [3.63, 3.8) is 0 Å². The smallest absolute Gasteiger partial charge is 0.237 e. The van der Waals surface area contributed by atoms with E-state index in [1.165, 1.54) is 0 Å². The molecule has 0 bridgehead atoms. The van der Waals surface area contributed by atoms with Crippen LogP contribution in [0.4, 0.5) is 0 Å². The Morgan fingerprint density at radius 2 is 0.881 bits per heavy atom. The summed E-state index contributed by atoms with van der Waals surface area (Å²) in [4.78, 5) is 39.2. The van der Waals surface area contributed by atoms with E-state index in [0.29, 0.717) is 25.0 Å². The number of Topliss-reactive ketones (excluding diaryl/α,β-unsaturated/α-hetero) is 1. The van der Waals surface area contributed by atoms with Crippen molar-refractivity contribution in [1.29, 1.82) is 0 Å². The van der Waals surface area contributed by atoms with Crippen molar-refractivity contribution in [2.45, 2.75) is 169 Å². The summed E-state index contributed by atoms with van der Waals surface area (Å²) >= 11 is 0. The molecule has 0 saturated heterocycles. The first kappa shape index (κ1) is 40.5. The summed E-state index contributed by atoms with van der Waals surface area (Å²) in [5, 5.41) is 19.8. The lowest BCUT2D eigenvalue weighted by molar-refractivity contribution is -0.130. The van der Waals surface area contributed by atoms with Crippen molar-refractivity contribution in [2.24, 2.45) is 5.92 Å². The Morgan fingerprint density at radius 1 is 0.476 bits per heavy atom. The number of hydrogen-bond donors (Lipinski definition) is 6. The van der Waals surface area contributed by atoms with E-state index in [2.05, 4.69) is 73.4 Å². The Hall–Kier alpha value is -1.55. The lowest BCUT2D eigenvalue weighted by atomic mass is 9.96. The predicted octanol–water partition coefficient (Wildman–Crippen LogP) is 4.05. The Morgan fingerprint density at radius 3 is 1.29 bits per heavy atom. The Labute approximate surface area is 258 Å². The van der Waals surface area contributed by atoms with Crippen LogP contribution in [-0.4, -0.2) is 79.5 Å². The molecule has 3 atom stereocenters. The van der Waals surface area contributed by atoms with Gasteiger partial charge in [0.25, 0.3) is 0 Å². The second-order valence-electron chi connectivity index (χ2n) is 13.4. The maximum Gasteiger partial charge on any atom is 0.237 e. The van der Waals surface area contributed by atoms with Gasteiger partial charge in [-0.3, -0.25) is 14.4 Å². The van der Waals surface area contributed by atoms with E-state index in [-0.39, 0.29) is 47.7 Å². The zero-order valence-corrected chi connectivity index (χ0v) is 28.8. The molecule has 0 radical (unpaired) electrons. The molecule has 0 aromatic carbocycles. The van der Waals surface area contributed by atoms with Crippen molar-refractivity contribution in [3.05, 3.63) is 0 Å². The Bertz CT molecular complexity index is 727. The number of carbonyl (C=O) groups is 3. The molecule has 9 nitrogen and oxygen atoms in total. The van der Waals surface area contributed by atoms with Crippen LogP contribution in [-0.2, 0) is 14.4 Å². The van der Waals surface area contributed by atoms with Gasteiger partial charge in [-0.25, -0.2) is 0 Å². The van der Waals surface area contributed by atoms with Gasteiger partial charge in [0.05, 0.1) is 18.1 Å². The first-order valence-corrected chi connectivity index (χ1v) is 16.8. The minimum absolute atomic E-state index is 0.0369. The molecule has 9 heteroatoms. The molecule has 0 aliphatic heterocycles. The van der Waals surface area contributed by atoms with E-state index in [9.17, 15) is 14.4 Å². The van der Waals surface area contributed by atoms with Gasteiger partial charge in [0.15, 0.2) is 5.78 Å². The topological polar surface area (TPSA) is 123 Å². The summed E-state index contributed by atoms with van der Waals surface area (Å²) in [7, 11) is 0. The fraction of sp³-hybridized carbons (Fsp3) is 0.909. The van der Waals surface area contributed by atoms with Crippen LogP contribution < -0.4 is 31.9 Å². The highest BCUT2D eigenvalue weighted by Crippen LogP contribution is 2.11. The minimum atomic E-state index is -0.512. The fourth-order valence-electron chi connectivity index (χ4n) is 4.88. The van der Waals surface area contributed by atoms with Crippen molar-refractivity contribution in [3.8, 4) is 0 Å². The molecule has 0 fully saturated rings. The third kappa shape index (κ3) is 21.2. The van der Waals surface area contributed by atoms with Gasteiger partial charge < -0.3 is 31.9 Å². The van der Waals surface area contributed by atoms with Gasteiger partial charge in [-0.1, -0.05) is 82.1 Å². The van der Waals surface area contributed by atoms with Crippen LogP contribution in [0.1, 0.15) is 127 Å².